The van der Waals surface area contributed by atoms with Crippen LogP contribution in [-0.2, 0) is 0 Å². The Morgan fingerprint density at radius 3 is 3.00 bits per heavy atom. The van der Waals surface area contributed by atoms with Crippen molar-refractivity contribution in [2.24, 2.45) is 0 Å². The van der Waals surface area contributed by atoms with E-state index >= 15 is 0 Å². The van der Waals surface area contributed by atoms with Crippen LogP contribution in [-0.4, -0.2) is 11.7 Å². The third kappa shape index (κ3) is 1.42. The number of halogens is 1. The van der Waals surface area contributed by atoms with Gasteiger partial charge >= 0.3 is 0 Å². The topological polar surface area (TPSA) is 29.5 Å². The van der Waals surface area contributed by atoms with Crippen molar-refractivity contribution in [2.45, 2.75) is 6.92 Å². The third-order valence-corrected chi connectivity index (χ3v) is 2.92. The second-order valence-corrected chi connectivity index (χ2v) is 3.83. The highest BCUT2D eigenvalue weighted by Crippen LogP contribution is 2.37. The van der Waals surface area contributed by atoms with Crippen molar-refractivity contribution < 1.29 is 14.2 Å². The summed E-state index contributed by atoms with van der Waals surface area (Å²) in [7, 11) is 0. The first-order chi connectivity index (χ1) is 6.72. The Morgan fingerprint density at radius 1 is 1.50 bits per heavy atom. The molecule has 1 heterocycles. The minimum atomic E-state index is -0.386. The largest absolute Gasteiger partial charge is 0.508 e. The Hall–Kier alpha value is -1.29. The molecule has 0 aliphatic heterocycles. The van der Waals surface area contributed by atoms with Crippen molar-refractivity contribution in [1.82, 2.24) is 0 Å². The maximum atomic E-state index is 13.6. The number of thiophene rings is 1. The molecule has 1 aromatic carbocycles. The van der Waals surface area contributed by atoms with Gasteiger partial charge in [-0.3, -0.25) is 0 Å². The predicted molar refractivity (Wildman–Crippen MR) is 54.6 cm³/mol. The van der Waals surface area contributed by atoms with E-state index in [0.717, 1.165) is 4.70 Å². The summed E-state index contributed by atoms with van der Waals surface area (Å²) in [5, 5.41) is 9.89. The zero-order chi connectivity index (χ0) is 10.1. The van der Waals surface area contributed by atoms with E-state index in [4.69, 9.17) is 4.74 Å². The molecule has 0 fully saturated rings. The number of aromatic hydroxyl groups is 1. The Kier molecular flexibility index (Phi) is 2.29. The summed E-state index contributed by atoms with van der Waals surface area (Å²) in [6, 6.07) is 4.62. The molecule has 4 heteroatoms. The minimum absolute atomic E-state index is 0.0669. The van der Waals surface area contributed by atoms with Crippen LogP contribution in [0.5, 0.6) is 10.8 Å². The van der Waals surface area contributed by atoms with E-state index in [2.05, 4.69) is 0 Å². The highest BCUT2D eigenvalue weighted by Gasteiger charge is 2.12. The van der Waals surface area contributed by atoms with Crippen LogP contribution in [0.3, 0.4) is 0 Å². The molecule has 0 saturated carbocycles. The fraction of sp³-hybridized carbons (Fsp3) is 0.200. The zero-order valence-corrected chi connectivity index (χ0v) is 8.40. The second kappa shape index (κ2) is 3.46. The van der Waals surface area contributed by atoms with Gasteiger partial charge in [-0.25, -0.2) is 4.39 Å². The normalized spacial score (nSPS) is 10.7. The molecule has 0 radical (unpaired) electrons. The van der Waals surface area contributed by atoms with Crippen LogP contribution in [0.15, 0.2) is 18.2 Å². The molecular formula is C10H9FO2S. The maximum absolute atomic E-state index is 13.6. The quantitative estimate of drug-likeness (QED) is 0.828. The van der Waals surface area contributed by atoms with Gasteiger partial charge in [-0.15, -0.1) is 0 Å². The zero-order valence-electron chi connectivity index (χ0n) is 7.58. The summed E-state index contributed by atoms with van der Waals surface area (Å²) in [6.07, 6.45) is 0. The van der Waals surface area contributed by atoms with Gasteiger partial charge < -0.3 is 9.84 Å². The molecule has 14 heavy (non-hydrogen) atoms. The van der Waals surface area contributed by atoms with Gasteiger partial charge in [0.05, 0.1) is 6.61 Å². The molecule has 2 nitrogen and oxygen atoms in total. The number of rotatable bonds is 2. The van der Waals surface area contributed by atoms with Crippen molar-refractivity contribution in [2.75, 3.05) is 6.61 Å². The molecule has 0 aliphatic rings. The van der Waals surface area contributed by atoms with Gasteiger partial charge in [0, 0.05) is 10.1 Å². The summed E-state index contributed by atoms with van der Waals surface area (Å²) < 4.78 is 19.5. The molecule has 0 amide bonds. The molecule has 0 unspecified atom stereocenters. The first-order valence-corrected chi connectivity index (χ1v) is 5.08. The molecule has 0 saturated heterocycles. The summed E-state index contributed by atoms with van der Waals surface area (Å²) in [5.74, 6) is -0.319. The highest BCUT2D eigenvalue weighted by molar-refractivity contribution is 7.20. The molecular weight excluding hydrogens is 203 g/mol. The van der Waals surface area contributed by atoms with E-state index in [0.29, 0.717) is 12.0 Å². The molecule has 0 atom stereocenters. The average molecular weight is 212 g/mol. The van der Waals surface area contributed by atoms with E-state index in [1.54, 1.807) is 13.0 Å². The van der Waals surface area contributed by atoms with Crippen LogP contribution in [0.4, 0.5) is 4.39 Å². The molecule has 1 aromatic heterocycles. The number of benzene rings is 1. The molecule has 0 bridgehead atoms. The van der Waals surface area contributed by atoms with Crippen molar-refractivity contribution in [1.29, 1.82) is 0 Å². The van der Waals surface area contributed by atoms with Crippen LogP contribution < -0.4 is 4.74 Å². The van der Waals surface area contributed by atoms with Crippen LogP contribution in [0.25, 0.3) is 10.1 Å². The summed E-state index contributed by atoms with van der Waals surface area (Å²) in [6.45, 7) is 2.25. The Bertz CT molecular complexity index is 464. The number of phenols is 1. The lowest BCUT2D eigenvalue weighted by Crippen LogP contribution is -1.89. The van der Waals surface area contributed by atoms with E-state index < -0.39 is 0 Å². The second-order valence-electron chi connectivity index (χ2n) is 2.82. The smallest absolute Gasteiger partial charge is 0.211 e. The van der Waals surface area contributed by atoms with Crippen LogP contribution in [0.2, 0.25) is 0 Å². The predicted octanol–water partition coefficient (Wildman–Crippen LogP) is 3.14. The first kappa shape index (κ1) is 9.27. The fourth-order valence-corrected chi connectivity index (χ4v) is 2.23. The Morgan fingerprint density at radius 2 is 2.29 bits per heavy atom. The summed E-state index contributed by atoms with van der Waals surface area (Å²) in [5.41, 5.74) is 0. The molecule has 0 spiro atoms. The lowest BCUT2D eigenvalue weighted by atomic mass is 10.2. The SMILES string of the molecule is CCOc1sc2ccc(O)cc2c1F. The standard InChI is InChI=1S/C10H9FO2S/c1-2-13-10-9(11)7-5-6(12)3-4-8(7)14-10/h3-5,12H,2H2,1H3. The molecule has 1 N–H and O–H groups in total. The summed E-state index contributed by atoms with van der Waals surface area (Å²) >= 11 is 1.25. The van der Waals surface area contributed by atoms with Gasteiger partial charge in [-0.1, -0.05) is 11.3 Å². The number of fused-ring (bicyclic) bond motifs is 1. The molecule has 74 valence electrons. The van der Waals surface area contributed by atoms with Crippen molar-refractivity contribution in [3.8, 4) is 10.8 Å². The van der Waals surface area contributed by atoms with Crippen molar-refractivity contribution >= 4 is 21.4 Å². The number of hydrogen-bond acceptors (Lipinski definition) is 3. The van der Waals surface area contributed by atoms with Crippen LogP contribution >= 0.6 is 11.3 Å². The average Bonchev–Trinajstić information content (AvgIpc) is 2.46. The van der Waals surface area contributed by atoms with Gasteiger partial charge in [-0.05, 0) is 25.1 Å². The minimum Gasteiger partial charge on any atom is -0.508 e. The Labute approximate surface area is 84.6 Å². The maximum Gasteiger partial charge on any atom is 0.211 e. The van der Waals surface area contributed by atoms with Crippen molar-refractivity contribution in [3.63, 3.8) is 0 Å². The Balaban J connectivity index is 2.62. The van der Waals surface area contributed by atoms with Gasteiger partial charge in [-0.2, -0.15) is 0 Å². The van der Waals surface area contributed by atoms with E-state index in [-0.39, 0.29) is 16.6 Å². The van der Waals surface area contributed by atoms with Crippen molar-refractivity contribution in [3.05, 3.63) is 24.0 Å². The highest BCUT2D eigenvalue weighted by atomic mass is 32.1. The van der Waals surface area contributed by atoms with Crippen LogP contribution in [0.1, 0.15) is 6.92 Å². The lowest BCUT2D eigenvalue weighted by molar-refractivity contribution is 0.334. The first-order valence-electron chi connectivity index (χ1n) is 4.26. The monoisotopic (exact) mass is 212 g/mol. The number of ether oxygens (including phenoxy) is 1. The molecule has 0 aliphatic carbocycles. The van der Waals surface area contributed by atoms with E-state index in [9.17, 15) is 9.50 Å². The number of hydrogen-bond donors (Lipinski definition) is 1. The fourth-order valence-electron chi connectivity index (χ4n) is 1.26. The molecule has 2 rings (SSSR count). The lowest BCUT2D eigenvalue weighted by Gasteiger charge is -1.96. The third-order valence-electron chi connectivity index (χ3n) is 1.86. The van der Waals surface area contributed by atoms with Gasteiger partial charge in [0.15, 0.2) is 5.82 Å². The van der Waals surface area contributed by atoms with E-state index in [1.165, 1.54) is 23.5 Å². The summed E-state index contributed by atoms with van der Waals surface area (Å²) in [4.78, 5) is 0. The van der Waals surface area contributed by atoms with Gasteiger partial charge in [0.2, 0.25) is 5.06 Å². The van der Waals surface area contributed by atoms with Crippen LogP contribution in [0, 0.1) is 5.82 Å². The van der Waals surface area contributed by atoms with Gasteiger partial charge in [0.1, 0.15) is 5.75 Å². The molecule has 2 aromatic rings. The van der Waals surface area contributed by atoms with Gasteiger partial charge in [0.25, 0.3) is 0 Å². The van der Waals surface area contributed by atoms with E-state index in [1.807, 2.05) is 0 Å². The number of phenolic OH excluding ortho intramolecular Hbond substituents is 1.